The third-order valence-electron chi connectivity index (χ3n) is 1.96. The Labute approximate surface area is 98.5 Å². The Kier molecular flexibility index (Phi) is 3.66. The third kappa shape index (κ3) is 2.46. The maximum absolute atomic E-state index is 11.3. The smallest absolute Gasteiger partial charge is 0.207 e. The summed E-state index contributed by atoms with van der Waals surface area (Å²) < 4.78 is 22.6. The number of hydrogen-bond acceptors (Lipinski definition) is 4. The van der Waals surface area contributed by atoms with Crippen LogP contribution in [0.15, 0.2) is 21.9 Å². The molecule has 80 valence electrons. The molecule has 0 aliphatic heterocycles. The lowest BCUT2D eigenvalue weighted by molar-refractivity contribution is 0.606. The zero-order valence-corrected chi connectivity index (χ0v) is 10.3. The van der Waals surface area contributed by atoms with Gasteiger partial charge >= 0.3 is 0 Å². The molecule has 0 aliphatic rings. The van der Waals surface area contributed by atoms with Crippen molar-refractivity contribution in [1.29, 1.82) is 5.26 Å². The number of hydrogen-bond donors (Lipinski definition) is 1. The molecule has 6 heteroatoms. The van der Waals surface area contributed by atoms with Crippen LogP contribution in [0.5, 0.6) is 0 Å². The number of rotatable bonds is 2. The van der Waals surface area contributed by atoms with Crippen molar-refractivity contribution in [3.8, 4) is 6.07 Å². The molecule has 1 aromatic rings. The first-order valence-corrected chi connectivity index (χ1v) is 6.87. The summed E-state index contributed by atoms with van der Waals surface area (Å²) in [6, 6.07) is 4.92. The first-order valence-electron chi connectivity index (χ1n) is 4.11. The average molecular weight is 262 g/mol. The van der Waals surface area contributed by atoms with E-state index in [0.717, 1.165) is 0 Å². The van der Waals surface area contributed by atoms with Crippen molar-refractivity contribution in [1.82, 2.24) is 0 Å². The highest BCUT2D eigenvalue weighted by Gasteiger charge is 2.20. The van der Waals surface area contributed by atoms with Crippen molar-refractivity contribution in [2.45, 2.75) is 23.1 Å². The Morgan fingerprint density at radius 1 is 1.53 bits per heavy atom. The van der Waals surface area contributed by atoms with Crippen molar-refractivity contribution in [3.63, 3.8) is 0 Å². The lowest BCUT2D eigenvalue weighted by Crippen LogP contribution is -2.01. The van der Waals surface area contributed by atoms with E-state index in [1.807, 2.05) is 6.07 Å². The van der Waals surface area contributed by atoms with E-state index in [1.165, 1.54) is 12.1 Å². The zero-order chi connectivity index (χ0) is 11.6. The van der Waals surface area contributed by atoms with Crippen LogP contribution in [0.4, 0.5) is 0 Å². The van der Waals surface area contributed by atoms with Crippen LogP contribution in [-0.4, -0.2) is 8.42 Å². The molecule has 0 spiro atoms. The van der Waals surface area contributed by atoms with Gasteiger partial charge in [-0.2, -0.15) is 5.26 Å². The second-order valence-corrected chi connectivity index (χ2v) is 5.83. The minimum atomic E-state index is -3.86. The van der Waals surface area contributed by atoms with Crippen molar-refractivity contribution in [2.24, 2.45) is 0 Å². The fourth-order valence-electron chi connectivity index (χ4n) is 1.34. The van der Waals surface area contributed by atoms with E-state index >= 15 is 0 Å². The number of nitrogens with zero attached hydrogens (tertiary/aromatic N) is 1. The average Bonchev–Trinajstić information content (AvgIpc) is 2.15. The van der Waals surface area contributed by atoms with E-state index in [0.29, 0.717) is 17.5 Å². The highest BCUT2D eigenvalue weighted by atomic mass is 35.7. The molecular weight excluding hydrogens is 254 g/mol. The third-order valence-corrected chi connectivity index (χ3v) is 3.90. The number of nitriles is 1. The van der Waals surface area contributed by atoms with Gasteiger partial charge in [0.25, 0.3) is 9.05 Å². The topological polar surface area (TPSA) is 57.9 Å². The normalized spacial score (nSPS) is 11.1. The van der Waals surface area contributed by atoms with Gasteiger partial charge in [0.1, 0.15) is 4.90 Å². The predicted octanol–water partition coefficient (Wildman–Crippen LogP) is 2.34. The minimum Gasteiger partial charge on any atom is -0.207 e. The van der Waals surface area contributed by atoms with Crippen molar-refractivity contribution in [2.75, 3.05) is 0 Å². The molecule has 0 aromatic heterocycles. The summed E-state index contributed by atoms with van der Waals surface area (Å²) in [6.07, 6.45) is 0.415. The van der Waals surface area contributed by atoms with Crippen LogP contribution < -0.4 is 0 Å². The molecule has 0 atom stereocenters. The van der Waals surface area contributed by atoms with Gasteiger partial charge in [-0.15, -0.1) is 12.6 Å². The first-order chi connectivity index (χ1) is 6.91. The van der Waals surface area contributed by atoms with Gasteiger partial charge in [0, 0.05) is 15.6 Å². The van der Waals surface area contributed by atoms with Gasteiger partial charge in [0.05, 0.1) is 11.6 Å². The second kappa shape index (κ2) is 4.44. The largest absolute Gasteiger partial charge is 0.262 e. The van der Waals surface area contributed by atoms with Crippen LogP contribution >= 0.6 is 23.3 Å². The van der Waals surface area contributed by atoms with Crippen LogP contribution in [-0.2, 0) is 15.5 Å². The standard InChI is InChI=1S/C9H8ClNO2S2/c1-2-7-6(5-11)3-4-8(14)9(7)15(10,12)13/h3-4,14H,2H2,1H3. The van der Waals surface area contributed by atoms with Crippen molar-refractivity contribution >= 4 is 32.4 Å². The van der Waals surface area contributed by atoms with E-state index < -0.39 is 9.05 Å². The maximum atomic E-state index is 11.3. The molecule has 0 amide bonds. The quantitative estimate of drug-likeness (QED) is 0.657. The summed E-state index contributed by atoms with van der Waals surface area (Å²) in [7, 11) is 1.43. The monoisotopic (exact) mass is 261 g/mol. The SMILES string of the molecule is CCc1c(C#N)ccc(S)c1S(=O)(=O)Cl. The van der Waals surface area contributed by atoms with Gasteiger partial charge in [-0.05, 0) is 24.1 Å². The lowest BCUT2D eigenvalue weighted by atomic mass is 10.1. The molecule has 0 N–H and O–H groups in total. The molecular formula is C9H8ClNO2S2. The summed E-state index contributed by atoms with van der Waals surface area (Å²) in [5.41, 5.74) is 0.731. The van der Waals surface area contributed by atoms with Crippen LogP contribution in [0.1, 0.15) is 18.1 Å². The Bertz CT molecular complexity index is 532. The molecule has 1 aromatic carbocycles. The molecule has 0 unspecified atom stereocenters. The Morgan fingerprint density at radius 2 is 2.13 bits per heavy atom. The molecule has 15 heavy (non-hydrogen) atoms. The van der Waals surface area contributed by atoms with E-state index in [-0.39, 0.29) is 9.79 Å². The van der Waals surface area contributed by atoms with Gasteiger partial charge in [-0.3, -0.25) is 0 Å². The van der Waals surface area contributed by atoms with Gasteiger partial charge in [-0.1, -0.05) is 6.92 Å². The maximum Gasteiger partial charge on any atom is 0.262 e. The Morgan fingerprint density at radius 3 is 2.53 bits per heavy atom. The molecule has 0 aliphatic carbocycles. The Balaban J connectivity index is 3.71. The molecule has 0 heterocycles. The summed E-state index contributed by atoms with van der Waals surface area (Å²) >= 11 is 4.03. The van der Waals surface area contributed by atoms with Crippen LogP contribution in [0.3, 0.4) is 0 Å². The van der Waals surface area contributed by atoms with Crippen molar-refractivity contribution in [3.05, 3.63) is 23.3 Å². The van der Waals surface area contributed by atoms with Gasteiger partial charge in [0.2, 0.25) is 0 Å². The van der Waals surface area contributed by atoms with Crippen LogP contribution in [0, 0.1) is 11.3 Å². The second-order valence-electron chi connectivity index (χ2n) is 2.84. The molecule has 0 radical (unpaired) electrons. The number of benzene rings is 1. The van der Waals surface area contributed by atoms with E-state index in [2.05, 4.69) is 12.6 Å². The highest BCUT2D eigenvalue weighted by molar-refractivity contribution is 8.14. The fourth-order valence-corrected chi connectivity index (χ4v) is 3.47. The molecule has 3 nitrogen and oxygen atoms in total. The molecule has 0 fully saturated rings. The summed E-state index contributed by atoms with van der Waals surface area (Å²) in [5.74, 6) is 0. The summed E-state index contributed by atoms with van der Waals surface area (Å²) in [6.45, 7) is 1.76. The van der Waals surface area contributed by atoms with E-state index in [1.54, 1.807) is 6.92 Å². The first kappa shape index (κ1) is 12.4. The summed E-state index contributed by atoms with van der Waals surface area (Å²) in [5, 5.41) is 8.82. The Hall–Kier alpha value is -0.700. The van der Waals surface area contributed by atoms with E-state index in [9.17, 15) is 8.42 Å². The zero-order valence-electron chi connectivity index (χ0n) is 7.86. The highest BCUT2D eigenvalue weighted by Crippen LogP contribution is 2.29. The number of thiol groups is 1. The fraction of sp³-hybridized carbons (Fsp3) is 0.222. The van der Waals surface area contributed by atoms with Gasteiger partial charge in [-0.25, -0.2) is 8.42 Å². The molecule has 0 saturated carbocycles. The molecule has 0 saturated heterocycles. The van der Waals surface area contributed by atoms with Gasteiger partial charge < -0.3 is 0 Å². The van der Waals surface area contributed by atoms with Gasteiger partial charge in [0.15, 0.2) is 0 Å². The van der Waals surface area contributed by atoms with E-state index in [4.69, 9.17) is 15.9 Å². The van der Waals surface area contributed by atoms with Crippen molar-refractivity contribution < 1.29 is 8.42 Å². The lowest BCUT2D eigenvalue weighted by Gasteiger charge is -2.08. The van der Waals surface area contributed by atoms with Crippen LogP contribution in [0.2, 0.25) is 0 Å². The minimum absolute atomic E-state index is 0.0611. The molecule has 0 bridgehead atoms. The van der Waals surface area contributed by atoms with Crippen LogP contribution in [0.25, 0.3) is 0 Å². The summed E-state index contributed by atoms with van der Waals surface area (Å²) in [4.78, 5) is 0.204. The predicted molar refractivity (Wildman–Crippen MR) is 60.8 cm³/mol. The molecule has 1 rings (SSSR count). The number of halogens is 1.